The maximum absolute atomic E-state index is 4.05. The quantitative estimate of drug-likeness (QED) is 0.616. The minimum Gasteiger partial charge on any atom is -0.304 e. The second-order valence-electron chi connectivity index (χ2n) is 3.91. The molecule has 1 unspecified atom stereocenters. The summed E-state index contributed by atoms with van der Waals surface area (Å²) in [5.41, 5.74) is 1.38. The first kappa shape index (κ1) is 18.1. The van der Waals surface area contributed by atoms with Crippen LogP contribution in [0.5, 0.6) is 0 Å². The van der Waals surface area contributed by atoms with Gasteiger partial charge in [0, 0.05) is 0 Å². The van der Waals surface area contributed by atoms with Crippen LogP contribution >= 0.6 is 0 Å². The summed E-state index contributed by atoms with van der Waals surface area (Å²) in [4.78, 5) is 2.54. The predicted octanol–water partition coefficient (Wildman–Crippen LogP) is 4.74. The van der Waals surface area contributed by atoms with Gasteiger partial charge in [0.05, 0.1) is 0 Å². The summed E-state index contributed by atoms with van der Waals surface area (Å²) in [5, 5.41) is 0. The molecule has 1 rings (SSSR count). The van der Waals surface area contributed by atoms with Gasteiger partial charge in [-0.2, -0.15) is 0 Å². The number of rotatable bonds is 2. The average Bonchev–Trinajstić information content (AvgIpc) is 2.59. The van der Waals surface area contributed by atoms with E-state index < -0.39 is 0 Å². The lowest BCUT2D eigenvalue weighted by Crippen LogP contribution is -2.24. The summed E-state index contributed by atoms with van der Waals surface area (Å²) in [6.07, 6.45) is 4.03. The van der Waals surface area contributed by atoms with E-state index in [2.05, 4.69) is 25.3 Å². The van der Waals surface area contributed by atoms with Crippen LogP contribution in [0.4, 0.5) is 0 Å². The van der Waals surface area contributed by atoms with Gasteiger partial charge in [-0.25, -0.2) is 0 Å². The fourth-order valence-corrected chi connectivity index (χ4v) is 1.96. The highest BCUT2D eigenvalue weighted by Gasteiger charge is 2.15. The molecule has 0 aromatic heterocycles. The molecule has 1 fully saturated rings. The van der Waals surface area contributed by atoms with Crippen molar-refractivity contribution >= 4 is 0 Å². The van der Waals surface area contributed by atoms with Crippen molar-refractivity contribution in [1.82, 2.24) is 4.90 Å². The van der Waals surface area contributed by atoms with Crippen LogP contribution in [0.3, 0.4) is 0 Å². The largest absolute Gasteiger partial charge is 0.304 e. The van der Waals surface area contributed by atoms with Crippen molar-refractivity contribution in [3.8, 4) is 0 Å². The van der Waals surface area contributed by atoms with Gasteiger partial charge in [0.25, 0.3) is 0 Å². The Balaban J connectivity index is 0. The van der Waals surface area contributed by atoms with Crippen molar-refractivity contribution in [2.24, 2.45) is 5.92 Å². The first-order valence-corrected chi connectivity index (χ1v) is 7.11. The number of allylic oxidation sites excluding steroid dienone is 1. The Morgan fingerprint density at radius 3 is 2.12 bits per heavy atom. The third kappa shape index (κ3) is 7.92. The van der Waals surface area contributed by atoms with E-state index in [-0.39, 0.29) is 0 Å². The molecule has 0 bridgehead atoms. The molecule has 98 valence electrons. The highest BCUT2D eigenvalue weighted by atomic mass is 15.1. The molecule has 1 aliphatic rings. The Morgan fingerprint density at radius 2 is 1.69 bits per heavy atom. The highest BCUT2D eigenvalue weighted by Crippen LogP contribution is 2.22. The van der Waals surface area contributed by atoms with E-state index in [0.717, 1.165) is 5.92 Å². The van der Waals surface area contributed by atoms with Crippen LogP contribution in [0.2, 0.25) is 0 Å². The van der Waals surface area contributed by atoms with Gasteiger partial charge >= 0.3 is 0 Å². The number of hydrogen-bond acceptors (Lipinski definition) is 1. The molecule has 0 amide bonds. The fraction of sp³-hybridized carbons (Fsp3) is 0.867. The third-order valence-corrected chi connectivity index (χ3v) is 2.96. The van der Waals surface area contributed by atoms with Crippen LogP contribution in [0.1, 0.15) is 60.8 Å². The zero-order valence-corrected chi connectivity index (χ0v) is 12.5. The molecule has 1 aliphatic heterocycles. The number of hydrogen-bond donors (Lipinski definition) is 0. The van der Waals surface area contributed by atoms with Crippen molar-refractivity contribution in [3.63, 3.8) is 0 Å². The molecule has 1 heteroatoms. The molecule has 16 heavy (non-hydrogen) atoms. The summed E-state index contributed by atoms with van der Waals surface area (Å²) in [5.74, 6) is 0.793. The second kappa shape index (κ2) is 12.8. The normalized spacial score (nSPS) is 20.8. The van der Waals surface area contributed by atoms with Gasteiger partial charge in [0.2, 0.25) is 0 Å². The van der Waals surface area contributed by atoms with Crippen LogP contribution in [-0.2, 0) is 0 Å². The molecule has 0 radical (unpaired) electrons. The first-order valence-electron chi connectivity index (χ1n) is 7.11. The van der Waals surface area contributed by atoms with E-state index in [1.54, 1.807) is 0 Å². The summed E-state index contributed by atoms with van der Waals surface area (Å²) < 4.78 is 0. The summed E-state index contributed by atoms with van der Waals surface area (Å²) >= 11 is 0. The van der Waals surface area contributed by atoms with E-state index in [9.17, 15) is 0 Å². The Bertz CT molecular complexity index is 152. The minimum atomic E-state index is 0.793. The second-order valence-corrected chi connectivity index (χ2v) is 3.91. The van der Waals surface area contributed by atoms with Crippen molar-refractivity contribution in [2.75, 3.05) is 19.6 Å². The van der Waals surface area contributed by atoms with Crippen LogP contribution in [-0.4, -0.2) is 24.5 Å². The molecular formula is C15H33N. The first-order chi connectivity index (χ1) is 7.74. The van der Waals surface area contributed by atoms with Gasteiger partial charge in [-0.15, -0.1) is 0 Å². The van der Waals surface area contributed by atoms with Crippen molar-refractivity contribution in [3.05, 3.63) is 12.2 Å². The molecule has 0 aromatic rings. The summed E-state index contributed by atoms with van der Waals surface area (Å²) in [6.45, 7) is 20.3. The van der Waals surface area contributed by atoms with Gasteiger partial charge in [-0.05, 0) is 51.7 Å². The highest BCUT2D eigenvalue weighted by molar-refractivity contribution is 4.97. The maximum Gasteiger partial charge on any atom is -0.00131 e. The topological polar surface area (TPSA) is 3.24 Å². The predicted molar refractivity (Wildman–Crippen MR) is 77.0 cm³/mol. The minimum absolute atomic E-state index is 0.793. The van der Waals surface area contributed by atoms with Gasteiger partial charge < -0.3 is 4.90 Å². The Kier molecular flexibility index (Phi) is 14.4. The lowest BCUT2D eigenvalue weighted by Gasteiger charge is -2.17. The van der Waals surface area contributed by atoms with Crippen LogP contribution in [0, 0.1) is 5.92 Å². The molecule has 0 spiro atoms. The third-order valence-electron chi connectivity index (χ3n) is 2.96. The van der Waals surface area contributed by atoms with Crippen LogP contribution < -0.4 is 0 Å². The monoisotopic (exact) mass is 227 g/mol. The van der Waals surface area contributed by atoms with Crippen LogP contribution in [0.15, 0.2) is 12.2 Å². The molecule has 1 heterocycles. The van der Waals surface area contributed by atoms with E-state index in [1.165, 1.54) is 44.5 Å². The van der Waals surface area contributed by atoms with E-state index in [0.29, 0.717) is 0 Å². The van der Waals surface area contributed by atoms with Crippen LogP contribution in [0.25, 0.3) is 0 Å². The smallest absolute Gasteiger partial charge is 0.00131 e. The zero-order valence-electron chi connectivity index (χ0n) is 12.5. The Labute approximate surface area is 104 Å². The molecule has 1 saturated heterocycles. The lowest BCUT2D eigenvalue weighted by molar-refractivity contribution is 0.298. The van der Waals surface area contributed by atoms with Crippen molar-refractivity contribution < 1.29 is 0 Å². The fourth-order valence-electron chi connectivity index (χ4n) is 1.96. The lowest BCUT2D eigenvalue weighted by atomic mass is 9.94. The van der Waals surface area contributed by atoms with Gasteiger partial charge in [0.1, 0.15) is 0 Å². The van der Waals surface area contributed by atoms with E-state index in [1.807, 2.05) is 27.7 Å². The number of nitrogens with zero attached hydrogens (tertiary/aromatic N) is 1. The molecule has 0 N–H and O–H groups in total. The molecule has 0 aliphatic carbocycles. The van der Waals surface area contributed by atoms with Crippen molar-refractivity contribution in [2.45, 2.75) is 60.8 Å². The van der Waals surface area contributed by atoms with E-state index in [4.69, 9.17) is 0 Å². The maximum atomic E-state index is 4.05. The summed E-state index contributed by atoms with van der Waals surface area (Å²) in [6, 6.07) is 0. The van der Waals surface area contributed by atoms with Crippen molar-refractivity contribution in [1.29, 1.82) is 0 Å². The molecule has 0 aromatic carbocycles. The number of likely N-dealkylation sites (tertiary alicyclic amines) is 1. The SMILES string of the molecule is C=C(C)C1CCCN(CC)CC1.CC.CC. The zero-order chi connectivity index (χ0) is 13.0. The van der Waals surface area contributed by atoms with Gasteiger partial charge in [0.15, 0.2) is 0 Å². The standard InChI is InChI=1S/C11H21N.2C2H6/c1-4-12-8-5-6-11(7-9-12)10(2)3;2*1-2/h11H,2,4-9H2,1,3H3;2*1-2H3. The molecule has 0 saturated carbocycles. The van der Waals surface area contributed by atoms with Gasteiger partial charge in [-0.1, -0.05) is 46.8 Å². The molecular weight excluding hydrogens is 194 g/mol. The van der Waals surface area contributed by atoms with Gasteiger partial charge in [-0.3, -0.25) is 0 Å². The van der Waals surface area contributed by atoms with E-state index >= 15 is 0 Å². The Hall–Kier alpha value is -0.300. The Morgan fingerprint density at radius 1 is 1.12 bits per heavy atom. The summed E-state index contributed by atoms with van der Waals surface area (Å²) in [7, 11) is 0. The average molecular weight is 227 g/mol. The molecule has 1 nitrogen and oxygen atoms in total. The molecule has 1 atom stereocenters.